The molecule has 0 fully saturated rings. The maximum absolute atomic E-state index is 11.9. The Hall–Kier alpha value is -1.92. The van der Waals surface area contributed by atoms with Crippen molar-refractivity contribution in [1.29, 1.82) is 0 Å². The summed E-state index contributed by atoms with van der Waals surface area (Å²) in [5.74, 6) is -0.155. The minimum Gasteiger partial charge on any atom is -0.383 e. The summed E-state index contributed by atoms with van der Waals surface area (Å²) in [6, 6.07) is 5.66. The number of fused-ring (bicyclic) bond motifs is 1. The Balaban J connectivity index is 1.79. The predicted molar refractivity (Wildman–Crippen MR) is 72.3 cm³/mol. The average molecular weight is 262 g/mol. The number of rotatable bonds is 7. The Labute approximate surface area is 111 Å². The zero-order valence-corrected chi connectivity index (χ0v) is 10.9. The fourth-order valence-electron chi connectivity index (χ4n) is 1.70. The monoisotopic (exact) mass is 262 g/mol. The molecule has 2 aromatic rings. The maximum atomic E-state index is 11.9. The van der Waals surface area contributed by atoms with Crippen molar-refractivity contribution in [2.24, 2.45) is 0 Å². The molecule has 0 radical (unpaired) electrons. The topological polar surface area (TPSA) is 67.7 Å². The number of nitrogens with zero attached hydrogens (tertiary/aromatic N) is 2. The number of pyridine rings is 1. The first-order valence-electron chi connectivity index (χ1n) is 6.23. The number of methoxy groups -OCH3 is 1. The van der Waals surface area contributed by atoms with Gasteiger partial charge in [0.25, 0.3) is 5.91 Å². The van der Waals surface area contributed by atoms with Crippen LogP contribution in [0.5, 0.6) is 0 Å². The molecule has 19 heavy (non-hydrogen) atoms. The van der Waals surface area contributed by atoms with Crippen LogP contribution in [0.1, 0.15) is 10.5 Å². The van der Waals surface area contributed by atoms with E-state index < -0.39 is 0 Å². The second-order valence-electron chi connectivity index (χ2n) is 4.09. The Morgan fingerprint density at radius 2 is 2.26 bits per heavy atom. The van der Waals surface area contributed by atoms with Gasteiger partial charge in [-0.3, -0.25) is 4.79 Å². The first-order chi connectivity index (χ1) is 9.31. The molecule has 0 aliphatic heterocycles. The summed E-state index contributed by atoms with van der Waals surface area (Å²) in [6.45, 7) is 2.72. The predicted octanol–water partition coefficient (Wildman–Crippen LogP) is 0.300. The molecule has 0 atom stereocenters. The van der Waals surface area contributed by atoms with Crippen LogP contribution >= 0.6 is 0 Å². The highest BCUT2D eigenvalue weighted by Gasteiger charge is 2.09. The molecule has 0 unspecified atom stereocenters. The van der Waals surface area contributed by atoms with Gasteiger partial charge in [0, 0.05) is 39.1 Å². The maximum Gasteiger partial charge on any atom is 0.271 e. The van der Waals surface area contributed by atoms with Gasteiger partial charge in [-0.1, -0.05) is 6.07 Å². The molecule has 6 heteroatoms. The largest absolute Gasteiger partial charge is 0.383 e. The van der Waals surface area contributed by atoms with Crippen LogP contribution in [0, 0.1) is 0 Å². The van der Waals surface area contributed by atoms with Crippen LogP contribution in [-0.2, 0) is 4.74 Å². The van der Waals surface area contributed by atoms with Crippen LogP contribution < -0.4 is 10.6 Å². The molecule has 2 heterocycles. The zero-order valence-electron chi connectivity index (χ0n) is 10.9. The average Bonchev–Trinajstić information content (AvgIpc) is 2.86. The lowest BCUT2D eigenvalue weighted by molar-refractivity contribution is 0.0949. The smallest absolute Gasteiger partial charge is 0.271 e. The van der Waals surface area contributed by atoms with Crippen molar-refractivity contribution >= 4 is 11.6 Å². The number of amides is 1. The van der Waals surface area contributed by atoms with Crippen molar-refractivity contribution < 1.29 is 9.53 Å². The molecule has 2 aromatic heterocycles. The van der Waals surface area contributed by atoms with Gasteiger partial charge in [-0.05, 0) is 12.1 Å². The zero-order chi connectivity index (χ0) is 13.5. The van der Waals surface area contributed by atoms with Crippen molar-refractivity contribution in [3.05, 3.63) is 36.3 Å². The molecule has 0 aliphatic carbocycles. The van der Waals surface area contributed by atoms with Crippen molar-refractivity contribution in [3.63, 3.8) is 0 Å². The summed E-state index contributed by atoms with van der Waals surface area (Å²) in [6.07, 6.45) is 3.59. The standard InChI is InChI=1S/C13H18N4O2/c1-19-9-7-14-5-6-15-13(18)11-10-17-8-3-2-4-12(17)16-11/h2-4,8,10,14H,5-7,9H2,1H3,(H,15,18). The highest BCUT2D eigenvalue weighted by molar-refractivity contribution is 5.92. The number of hydrogen-bond donors (Lipinski definition) is 2. The first-order valence-corrected chi connectivity index (χ1v) is 6.23. The molecule has 0 aromatic carbocycles. The number of carbonyl (C=O) groups excluding carboxylic acids is 1. The minimum atomic E-state index is -0.155. The van der Waals surface area contributed by atoms with Crippen molar-refractivity contribution in [3.8, 4) is 0 Å². The lowest BCUT2D eigenvalue weighted by atomic mass is 10.4. The van der Waals surface area contributed by atoms with E-state index in [0.29, 0.717) is 25.4 Å². The fourth-order valence-corrected chi connectivity index (χ4v) is 1.70. The van der Waals surface area contributed by atoms with Gasteiger partial charge in [-0.2, -0.15) is 0 Å². The highest BCUT2D eigenvalue weighted by Crippen LogP contribution is 2.03. The van der Waals surface area contributed by atoms with Crippen LogP contribution in [0.25, 0.3) is 5.65 Å². The van der Waals surface area contributed by atoms with Crippen LogP contribution in [0.15, 0.2) is 30.6 Å². The molecule has 2 rings (SSSR count). The SMILES string of the molecule is COCCNCCNC(=O)c1cn2ccccc2n1. The summed E-state index contributed by atoms with van der Waals surface area (Å²) < 4.78 is 6.74. The molecule has 0 saturated carbocycles. The van der Waals surface area contributed by atoms with E-state index >= 15 is 0 Å². The lowest BCUT2D eigenvalue weighted by Crippen LogP contribution is -2.33. The van der Waals surface area contributed by atoms with Gasteiger partial charge in [0.05, 0.1) is 6.61 Å². The molecule has 6 nitrogen and oxygen atoms in total. The van der Waals surface area contributed by atoms with E-state index in [1.165, 1.54) is 0 Å². The fraction of sp³-hybridized carbons (Fsp3) is 0.385. The lowest BCUT2D eigenvalue weighted by Gasteiger charge is -2.04. The first kappa shape index (κ1) is 13.5. The molecule has 0 aliphatic rings. The van der Waals surface area contributed by atoms with E-state index in [2.05, 4.69) is 15.6 Å². The van der Waals surface area contributed by atoms with Gasteiger partial charge in [-0.15, -0.1) is 0 Å². The van der Waals surface area contributed by atoms with Crippen molar-refractivity contribution in [1.82, 2.24) is 20.0 Å². The quantitative estimate of drug-likeness (QED) is 0.704. The van der Waals surface area contributed by atoms with Gasteiger partial charge in [-0.25, -0.2) is 4.98 Å². The van der Waals surface area contributed by atoms with Crippen molar-refractivity contribution in [2.75, 3.05) is 33.4 Å². The van der Waals surface area contributed by atoms with Gasteiger partial charge in [0.15, 0.2) is 0 Å². The molecular formula is C13H18N4O2. The minimum absolute atomic E-state index is 0.155. The van der Waals surface area contributed by atoms with E-state index in [1.807, 2.05) is 28.8 Å². The third-order valence-electron chi connectivity index (χ3n) is 2.67. The van der Waals surface area contributed by atoms with E-state index in [1.54, 1.807) is 13.3 Å². The molecule has 0 bridgehead atoms. The van der Waals surface area contributed by atoms with Gasteiger partial charge < -0.3 is 19.8 Å². The summed E-state index contributed by atoms with van der Waals surface area (Å²) in [5.41, 5.74) is 1.20. The number of aromatic nitrogens is 2. The number of imidazole rings is 1. The summed E-state index contributed by atoms with van der Waals surface area (Å²) in [7, 11) is 1.66. The highest BCUT2D eigenvalue weighted by atomic mass is 16.5. The molecule has 0 saturated heterocycles. The van der Waals surface area contributed by atoms with E-state index in [9.17, 15) is 4.79 Å². The third-order valence-corrected chi connectivity index (χ3v) is 2.67. The molecule has 0 spiro atoms. The van der Waals surface area contributed by atoms with Gasteiger partial charge in [0.2, 0.25) is 0 Å². The second kappa shape index (κ2) is 6.86. The Morgan fingerprint density at radius 3 is 3.05 bits per heavy atom. The van der Waals surface area contributed by atoms with E-state index in [4.69, 9.17) is 4.74 Å². The van der Waals surface area contributed by atoms with Crippen LogP contribution in [0.3, 0.4) is 0 Å². The van der Waals surface area contributed by atoms with Gasteiger partial charge >= 0.3 is 0 Å². The molecule has 1 amide bonds. The van der Waals surface area contributed by atoms with E-state index in [0.717, 1.165) is 12.2 Å². The molecule has 2 N–H and O–H groups in total. The summed E-state index contributed by atoms with van der Waals surface area (Å²) >= 11 is 0. The Kier molecular flexibility index (Phi) is 4.88. The third kappa shape index (κ3) is 3.77. The number of ether oxygens (including phenoxy) is 1. The number of hydrogen-bond acceptors (Lipinski definition) is 4. The van der Waals surface area contributed by atoms with Gasteiger partial charge in [0.1, 0.15) is 11.3 Å². The van der Waals surface area contributed by atoms with Crippen LogP contribution in [0.4, 0.5) is 0 Å². The normalized spacial score (nSPS) is 10.8. The summed E-state index contributed by atoms with van der Waals surface area (Å²) in [5, 5.41) is 5.97. The molecule has 102 valence electrons. The van der Waals surface area contributed by atoms with Crippen molar-refractivity contribution in [2.45, 2.75) is 0 Å². The van der Waals surface area contributed by atoms with Crippen LogP contribution in [0.2, 0.25) is 0 Å². The van der Waals surface area contributed by atoms with E-state index in [-0.39, 0.29) is 5.91 Å². The Morgan fingerprint density at radius 1 is 1.37 bits per heavy atom. The number of nitrogens with one attached hydrogen (secondary N) is 2. The Bertz CT molecular complexity index is 505. The number of carbonyl (C=O) groups is 1. The molecular weight excluding hydrogens is 244 g/mol. The summed E-state index contributed by atoms with van der Waals surface area (Å²) in [4.78, 5) is 16.1. The second-order valence-corrected chi connectivity index (χ2v) is 4.09. The van der Waals surface area contributed by atoms with Crippen LogP contribution in [-0.4, -0.2) is 48.6 Å².